The van der Waals surface area contributed by atoms with Gasteiger partial charge in [0.1, 0.15) is 0 Å². The molecule has 1 heterocycles. The first-order valence-electron chi connectivity index (χ1n) is 11.1. The first kappa shape index (κ1) is 21.7. The van der Waals surface area contributed by atoms with Crippen molar-refractivity contribution in [3.63, 3.8) is 0 Å². The lowest BCUT2D eigenvalue weighted by Crippen LogP contribution is -2.17. The molecule has 0 spiro atoms. The molecule has 4 rings (SSSR count). The SMILES string of the molecule is Cc1ccc(-c2c(/C=C/[C@@H](O)C[C@@H](O)CCO)c(C3CC3)nc3c(C)cccc23)cc1. The van der Waals surface area contributed by atoms with Crippen LogP contribution in [0.2, 0.25) is 0 Å². The molecule has 1 aromatic heterocycles. The largest absolute Gasteiger partial charge is 0.396 e. The van der Waals surface area contributed by atoms with E-state index < -0.39 is 12.2 Å². The fourth-order valence-electron chi connectivity index (χ4n) is 4.16. The molecule has 4 heteroatoms. The number of aliphatic hydroxyl groups is 3. The number of aromatic nitrogens is 1. The summed E-state index contributed by atoms with van der Waals surface area (Å²) in [7, 11) is 0. The molecular formula is C27H31NO3. The van der Waals surface area contributed by atoms with Gasteiger partial charge in [-0.15, -0.1) is 0 Å². The number of nitrogens with zero attached hydrogens (tertiary/aromatic N) is 1. The molecule has 0 aliphatic heterocycles. The molecule has 1 saturated carbocycles. The van der Waals surface area contributed by atoms with Gasteiger partial charge in [0.05, 0.1) is 23.4 Å². The van der Waals surface area contributed by atoms with E-state index in [9.17, 15) is 10.2 Å². The van der Waals surface area contributed by atoms with Crippen molar-refractivity contribution >= 4 is 17.0 Å². The van der Waals surface area contributed by atoms with E-state index in [0.29, 0.717) is 5.92 Å². The van der Waals surface area contributed by atoms with Crippen LogP contribution in [0, 0.1) is 13.8 Å². The second kappa shape index (κ2) is 9.31. The van der Waals surface area contributed by atoms with E-state index >= 15 is 0 Å². The van der Waals surface area contributed by atoms with Gasteiger partial charge in [-0.2, -0.15) is 0 Å². The Bertz CT molecular complexity index is 1080. The van der Waals surface area contributed by atoms with Crippen LogP contribution in [0.25, 0.3) is 28.1 Å². The lowest BCUT2D eigenvalue weighted by molar-refractivity contribution is 0.0827. The van der Waals surface area contributed by atoms with E-state index in [0.717, 1.165) is 51.7 Å². The second-order valence-corrected chi connectivity index (χ2v) is 8.73. The van der Waals surface area contributed by atoms with E-state index in [4.69, 9.17) is 10.1 Å². The van der Waals surface area contributed by atoms with Gasteiger partial charge in [0, 0.05) is 35.5 Å². The Hall–Kier alpha value is -2.53. The van der Waals surface area contributed by atoms with E-state index in [1.54, 1.807) is 6.08 Å². The van der Waals surface area contributed by atoms with Gasteiger partial charge in [0.15, 0.2) is 0 Å². The minimum Gasteiger partial charge on any atom is -0.396 e. The van der Waals surface area contributed by atoms with Crippen LogP contribution >= 0.6 is 0 Å². The average Bonchev–Trinajstić information content (AvgIpc) is 3.58. The summed E-state index contributed by atoms with van der Waals surface area (Å²) >= 11 is 0. The van der Waals surface area contributed by atoms with E-state index in [2.05, 4.69) is 56.3 Å². The lowest BCUT2D eigenvalue weighted by atomic mass is 9.91. The van der Waals surface area contributed by atoms with Gasteiger partial charge in [-0.3, -0.25) is 4.98 Å². The Kier molecular flexibility index (Phi) is 6.51. The summed E-state index contributed by atoms with van der Waals surface area (Å²) in [6, 6.07) is 14.9. The molecule has 0 saturated heterocycles. The van der Waals surface area contributed by atoms with E-state index in [1.165, 1.54) is 5.56 Å². The van der Waals surface area contributed by atoms with E-state index in [1.807, 2.05) is 6.08 Å². The van der Waals surface area contributed by atoms with Crippen molar-refractivity contribution in [2.45, 2.75) is 57.7 Å². The van der Waals surface area contributed by atoms with Crippen molar-refractivity contribution in [1.29, 1.82) is 0 Å². The minimum absolute atomic E-state index is 0.0883. The highest BCUT2D eigenvalue weighted by Gasteiger charge is 2.30. The molecule has 0 amide bonds. The highest BCUT2D eigenvalue weighted by molar-refractivity contribution is 6.00. The van der Waals surface area contributed by atoms with E-state index in [-0.39, 0.29) is 19.4 Å². The molecule has 1 fully saturated rings. The summed E-state index contributed by atoms with van der Waals surface area (Å²) in [5.74, 6) is 0.449. The zero-order valence-electron chi connectivity index (χ0n) is 18.3. The molecule has 4 nitrogen and oxygen atoms in total. The van der Waals surface area contributed by atoms with Crippen molar-refractivity contribution in [3.8, 4) is 11.1 Å². The van der Waals surface area contributed by atoms with Crippen molar-refractivity contribution in [2.24, 2.45) is 0 Å². The predicted octanol–water partition coefficient (Wildman–Crippen LogP) is 4.90. The van der Waals surface area contributed by atoms with Gasteiger partial charge in [-0.25, -0.2) is 0 Å². The molecule has 0 radical (unpaired) electrons. The number of rotatable bonds is 8. The van der Waals surface area contributed by atoms with Gasteiger partial charge in [0.25, 0.3) is 0 Å². The molecule has 1 aliphatic carbocycles. The molecule has 31 heavy (non-hydrogen) atoms. The van der Waals surface area contributed by atoms with Crippen molar-refractivity contribution in [3.05, 3.63) is 70.9 Å². The number of aliphatic hydroxyl groups excluding tert-OH is 3. The standard InChI is InChI=1S/C27H31NO3/c1-17-6-8-19(9-7-17)25-23-5-3-4-18(2)26(23)28-27(20-10-11-20)24(25)13-12-21(30)16-22(31)14-15-29/h3-9,12-13,20-22,29-31H,10-11,14-16H2,1-2H3/b13-12+/t21-,22+/m1/s1. The van der Waals surface area contributed by atoms with Crippen LogP contribution in [0.5, 0.6) is 0 Å². The Balaban J connectivity index is 1.86. The highest BCUT2D eigenvalue weighted by Crippen LogP contribution is 2.45. The molecule has 1 aliphatic rings. The third-order valence-electron chi connectivity index (χ3n) is 6.05. The Labute approximate surface area is 183 Å². The quantitative estimate of drug-likeness (QED) is 0.487. The Morgan fingerprint density at radius 1 is 1.06 bits per heavy atom. The summed E-state index contributed by atoms with van der Waals surface area (Å²) < 4.78 is 0. The number of pyridine rings is 1. The predicted molar refractivity (Wildman–Crippen MR) is 126 cm³/mol. The second-order valence-electron chi connectivity index (χ2n) is 8.73. The summed E-state index contributed by atoms with van der Waals surface area (Å²) in [4.78, 5) is 5.09. The number of benzene rings is 2. The van der Waals surface area contributed by atoms with Crippen LogP contribution in [0.4, 0.5) is 0 Å². The van der Waals surface area contributed by atoms with Gasteiger partial charge in [-0.1, -0.05) is 60.2 Å². The molecule has 0 unspecified atom stereocenters. The number of hydrogen-bond acceptors (Lipinski definition) is 4. The molecule has 2 atom stereocenters. The van der Waals surface area contributed by atoms with Crippen molar-refractivity contribution in [2.75, 3.05) is 6.61 Å². The number of fused-ring (bicyclic) bond motifs is 1. The van der Waals surface area contributed by atoms with Crippen LogP contribution in [-0.4, -0.2) is 39.1 Å². The number of para-hydroxylation sites is 1. The monoisotopic (exact) mass is 417 g/mol. The third kappa shape index (κ3) is 4.87. The fraction of sp³-hybridized carbons (Fsp3) is 0.370. The van der Waals surface area contributed by atoms with Crippen LogP contribution < -0.4 is 0 Å². The van der Waals surface area contributed by atoms with Gasteiger partial charge >= 0.3 is 0 Å². The lowest BCUT2D eigenvalue weighted by Gasteiger charge is -2.17. The maximum absolute atomic E-state index is 10.5. The highest BCUT2D eigenvalue weighted by atomic mass is 16.3. The minimum atomic E-state index is -0.785. The molecule has 162 valence electrons. The summed E-state index contributed by atoms with van der Waals surface area (Å²) in [6.07, 6.45) is 4.97. The molecule has 3 aromatic rings. The van der Waals surface area contributed by atoms with Crippen LogP contribution in [0.1, 0.15) is 54.0 Å². The summed E-state index contributed by atoms with van der Waals surface area (Å²) in [5, 5.41) is 30.5. The number of hydrogen-bond donors (Lipinski definition) is 3. The molecule has 3 N–H and O–H groups in total. The molecule has 0 bridgehead atoms. The molecular weight excluding hydrogens is 386 g/mol. The van der Waals surface area contributed by atoms with Crippen molar-refractivity contribution < 1.29 is 15.3 Å². The first-order valence-corrected chi connectivity index (χ1v) is 11.1. The number of aryl methyl sites for hydroxylation is 2. The van der Waals surface area contributed by atoms with Gasteiger partial charge in [0.2, 0.25) is 0 Å². The molecule has 2 aromatic carbocycles. The smallest absolute Gasteiger partial charge is 0.0748 e. The maximum atomic E-state index is 10.5. The van der Waals surface area contributed by atoms with Crippen molar-refractivity contribution in [1.82, 2.24) is 4.98 Å². The normalized spacial score (nSPS) is 16.2. The van der Waals surface area contributed by atoms with Crippen LogP contribution in [0.3, 0.4) is 0 Å². The fourth-order valence-corrected chi connectivity index (χ4v) is 4.16. The average molecular weight is 418 g/mol. The summed E-state index contributed by atoms with van der Waals surface area (Å²) in [6.45, 7) is 4.10. The van der Waals surface area contributed by atoms with Gasteiger partial charge in [-0.05, 0) is 44.2 Å². The Morgan fingerprint density at radius 2 is 1.81 bits per heavy atom. The zero-order chi connectivity index (χ0) is 22.0. The Morgan fingerprint density at radius 3 is 2.48 bits per heavy atom. The topological polar surface area (TPSA) is 73.6 Å². The summed E-state index contributed by atoms with van der Waals surface area (Å²) in [5.41, 5.74) is 7.85. The maximum Gasteiger partial charge on any atom is 0.0748 e. The van der Waals surface area contributed by atoms with Gasteiger partial charge < -0.3 is 15.3 Å². The van der Waals surface area contributed by atoms with Crippen LogP contribution in [0.15, 0.2) is 48.5 Å². The van der Waals surface area contributed by atoms with Crippen LogP contribution in [-0.2, 0) is 0 Å². The first-order chi connectivity index (χ1) is 15.0. The third-order valence-corrected chi connectivity index (χ3v) is 6.05. The zero-order valence-corrected chi connectivity index (χ0v) is 18.3.